The number of rotatable bonds is 1. The van der Waals surface area contributed by atoms with E-state index in [2.05, 4.69) is 21.0 Å². The lowest BCUT2D eigenvalue weighted by atomic mass is 10.3. The summed E-state index contributed by atoms with van der Waals surface area (Å²) in [6, 6.07) is 1.77. The molecule has 0 radical (unpaired) electrons. The van der Waals surface area contributed by atoms with Gasteiger partial charge in [-0.15, -0.1) is 0 Å². The summed E-state index contributed by atoms with van der Waals surface area (Å²) in [7, 11) is 2.84. The van der Waals surface area contributed by atoms with Crippen LogP contribution in [0.1, 0.15) is 5.56 Å². The highest BCUT2D eigenvalue weighted by molar-refractivity contribution is 9.10. The summed E-state index contributed by atoms with van der Waals surface area (Å²) in [4.78, 5) is 11.3. The van der Waals surface area contributed by atoms with Crippen molar-refractivity contribution in [3.63, 3.8) is 0 Å². The summed E-state index contributed by atoms with van der Waals surface area (Å²) in [5.41, 5.74) is -0.519. The molecule has 0 unspecified atom stereocenters. The lowest BCUT2D eigenvalue weighted by Crippen LogP contribution is -2.23. The van der Waals surface area contributed by atoms with E-state index < -0.39 is 5.56 Å². The minimum absolute atomic E-state index is 0.0492. The first-order valence-corrected chi connectivity index (χ1v) is 4.12. The number of aryl methyl sites for hydroxylation is 1. The molecule has 1 aromatic heterocycles. The molecular weight excluding hydrogens is 238 g/mol. The molecular formula is C7H6BrN3O2. The van der Waals surface area contributed by atoms with Crippen LogP contribution in [0, 0.1) is 11.3 Å². The largest absolute Gasteiger partial charge is 0.492 e. The van der Waals surface area contributed by atoms with Crippen molar-refractivity contribution in [2.45, 2.75) is 0 Å². The first kappa shape index (κ1) is 9.74. The third kappa shape index (κ3) is 1.55. The van der Waals surface area contributed by atoms with E-state index in [-0.39, 0.29) is 11.3 Å². The van der Waals surface area contributed by atoms with Crippen molar-refractivity contribution >= 4 is 15.9 Å². The number of nitriles is 1. The Bertz CT molecular complexity index is 433. The molecule has 0 saturated carbocycles. The molecule has 0 aliphatic heterocycles. The Morgan fingerprint density at radius 3 is 2.77 bits per heavy atom. The smallest absolute Gasteiger partial charge is 0.288 e. The number of ether oxygens (including phenoxy) is 1. The molecule has 68 valence electrons. The Morgan fingerprint density at radius 2 is 2.31 bits per heavy atom. The van der Waals surface area contributed by atoms with E-state index in [9.17, 15) is 4.79 Å². The molecule has 0 aliphatic carbocycles. The average Bonchev–Trinajstić information content (AvgIpc) is 2.10. The molecule has 0 atom stereocenters. The highest BCUT2D eigenvalue weighted by Gasteiger charge is 2.14. The van der Waals surface area contributed by atoms with Crippen LogP contribution in [0.5, 0.6) is 5.75 Å². The van der Waals surface area contributed by atoms with Crippen LogP contribution in [-0.4, -0.2) is 16.9 Å². The molecule has 0 amide bonds. The predicted molar refractivity (Wildman–Crippen MR) is 48.4 cm³/mol. The minimum Gasteiger partial charge on any atom is -0.492 e. The summed E-state index contributed by atoms with van der Waals surface area (Å²) in [5.74, 6) is 0.172. The lowest BCUT2D eigenvalue weighted by Gasteiger charge is -2.05. The van der Waals surface area contributed by atoms with Crippen molar-refractivity contribution in [2.75, 3.05) is 7.11 Å². The fourth-order valence-electron chi connectivity index (χ4n) is 0.869. The third-order valence-corrected chi connectivity index (χ3v) is 1.99. The number of methoxy groups -OCH3 is 1. The molecule has 0 aromatic carbocycles. The molecule has 0 spiro atoms. The number of hydrogen-bond donors (Lipinski definition) is 0. The van der Waals surface area contributed by atoms with Crippen LogP contribution in [-0.2, 0) is 7.05 Å². The first-order chi connectivity index (χ1) is 6.11. The number of aromatic nitrogens is 2. The van der Waals surface area contributed by atoms with Gasteiger partial charge in [-0.25, -0.2) is 4.68 Å². The summed E-state index contributed by atoms with van der Waals surface area (Å²) in [5, 5.41) is 12.5. The Labute approximate surface area is 82.7 Å². The quantitative estimate of drug-likeness (QED) is 0.718. The monoisotopic (exact) mass is 243 g/mol. The van der Waals surface area contributed by atoms with Crippen molar-refractivity contribution in [3.05, 3.63) is 20.5 Å². The fraction of sp³-hybridized carbons (Fsp3) is 0.286. The number of halogens is 1. The number of nitrogens with zero attached hydrogens (tertiary/aromatic N) is 3. The zero-order valence-corrected chi connectivity index (χ0v) is 8.62. The zero-order valence-electron chi connectivity index (χ0n) is 7.04. The molecule has 1 rings (SSSR count). The zero-order chi connectivity index (χ0) is 10.0. The van der Waals surface area contributed by atoms with Gasteiger partial charge in [0.1, 0.15) is 6.07 Å². The summed E-state index contributed by atoms with van der Waals surface area (Å²) in [6.07, 6.45) is 0. The molecule has 0 N–H and O–H groups in total. The van der Waals surface area contributed by atoms with Gasteiger partial charge in [-0.05, 0) is 15.9 Å². The Hall–Kier alpha value is -1.35. The van der Waals surface area contributed by atoms with Crippen LogP contribution in [0.15, 0.2) is 9.40 Å². The maximum atomic E-state index is 11.3. The van der Waals surface area contributed by atoms with Crippen LogP contribution >= 0.6 is 15.9 Å². The van der Waals surface area contributed by atoms with Gasteiger partial charge in [0, 0.05) is 7.05 Å². The van der Waals surface area contributed by atoms with Crippen molar-refractivity contribution < 1.29 is 4.74 Å². The van der Waals surface area contributed by atoms with Gasteiger partial charge in [0.2, 0.25) is 0 Å². The van der Waals surface area contributed by atoms with E-state index in [4.69, 9.17) is 10.00 Å². The van der Waals surface area contributed by atoms with Gasteiger partial charge in [-0.2, -0.15) is 10.4 Å². The SMILES string of the molecule is COc1c(Br)nn(C)c(=O)c1C#N. The third-order valence-electron chi connectivity index (χ3n) is 1.48. The van der Waals surface area contributed by atoms with Crippen LogP contribution in [0.3, 0.4) is 0 Å². The average molecular weight is 244 g/mol. The molecule has 0 bridgehead atoms. The van der Waals surface area contributed by atoms with Crippen molar-refractivity contribution in [1.82, 2.24) is 9.78 Å². The molecule has 0 aliphatic rings. The van der Waals surface area contributed by atoms with Gasteiger partial charge in [0.25, 0.3) is 5.56 Å². The first-order valence-electron chi connectivity index (χ1n) is 3.32. The summed E-state index contributed by atoms with van der Waals surface area (Å²) < 4.78 is 6.27. The predicted octanol–water partition coefficient (Wildman–Crippen LogP) is 0.423. The highest BCUT2D eigenvalue weighted by atomic mass is 79.9. The molecule has 13 heavy (non-hydrogen) atoms. The second kappa shape index (κ2) is 3.58. The maximum Gasteiger partial charge on any atom is 0.288 e. The van der Waals surface area contributed by atoms with E-state index >= 15 is 0 Å². The van der Waals surface area contributed by atoms with Gasteiger partial charge < -0.3 is 4.74 Å². The van der Waals surface area contributed by atoms with E-state index in [1.165, 1.54) is 14.2 Å². The van der Waals surface area contributed by atoms with Gasteiger partial charge in [0.15, 0.2) is 15.9 Å². The van der Waals surface area contributed by atoms with Crippen molar-refractivity contribution in [3.8, 4) is 11.8 Å². The van der Waals surface area contributed by atoms with Crippen molar-refractivity contribution in [1.29, 1.82) is 5.26 Å². The highest BCUT2D eigenvalue weighted by Crippen LogP contribution is 2.22. The maximum absolute atomic E-state index is 11.3. The Kier molecular flexibility index (Phi) is 2.68. The second-order valence-corrected chi connectivity index (χ2v) is 2.99. The molecule has 1 heterocycles. The molecule has 0 saturated heterocycles. The van der Waals surface area contributed by atoms with Crippen LogP contribution < -0.4 is 10.3 Å². The summed E-state index contributed by atoms with van der Waals surface area (Å²) >= 11 is 3.09. The topological polar surface area (TPSA) is 67.9 Å². The van der Waals surface area contributed by atoms with E-state index in [0.717, 1.165) is 4.68 Å². The molecule has 1 aromatic rings. The standard InChI is InChI=1S/C7H6BrN3O2/c1-11-7(12)4(3-9)5(13-2)6(8)10-11/h1-2H3. The van der Waals surface area contributed by atoms with E-state index in [1.54, 1.807) is 6.07 Å². The second-order valence-electron chi connectivity index (χ2n) is 2.24. The normalized spacial score (nSPS) is 9.38. The Morgan fingerprint density at radius 1 is 1.69 bits per heavy atom. The van der Waals surface area contributed by atoms with Gasteiger partial charge in [-0.1, -0.05) is 0 Å². The van der Waals surface area contributed by atoms with E-state index in [0.29, 0.717) is 4.60 Å². The van der Waals surface area contributed by atoms with Gasteiger partial charge in [0.05, 0.1) is 7.11 Å². The number of hydrogen-bond acceptors (Lipinski definition) is 4. The van der Waals surface area contributed by atoms with Crippen LogP contribution in [0.2, 0.25) is 0 Å². The molecule has 0 fully saturated rings. The molecule has 5 nitrogen and oxygen atoms in total. The van der Waals surface area contributed by atoms with Gasteiger partial charge in [-0.3, -0.25) is 4.79 Å². The van der Waals surface area contributed by atoms with E-state index in [1.807, 2.05) is 0 Å². The van der Waals surface area contributed by atoms with Crippen LogP contribution in [0.25, 0.3) is 0 Å². The van der Waals surface area contributed by atoms with Gasteiger partial charge >= 0.3 is 0 Å². The lowest BCUT2D eigenvalue weighted by molar-refractivity contribution is 0.402. The fourth-order valence-corrected chi connectivity index (χ4v) is 1.47. The summed E-state index contributed by atoms with van der Waals surface area (Å²) in [6.45, 7) is 0. The minimum atomic E-state index is -0.470. The van der Waals surface area contributed by atoms with Crippen LogP contribution in [0.4, 0.5) is 0 Å². The van der Waals surface area contributed by atoms with Crippen molar-refractivity contribution in [2.24, 2.45) is 7.05 Å². The molecule has 6 heteroatoms. The Balaban J connectivity index is 3.64.